The van der Waals surface area contributed by atoms with Crippen LogP contribution in [0.3, 0.4) is 0 Å². The van der Waals surface area contributed by atoms with Crippen LogP contribution in [0.15, 0.2) is 53.1 Å². The van der Waals surface area contributed by atoms with E-state index >= 15 is 0 Å². The maximum absolute atomic E-state index is 12.5. The number of hydrogen-bond donors (Lipinski definition) is 2. The number of rotatable bonds is 7. The maximum atomic E-state index is 12.5. The fourth-order valence-corrected chi connectivity index (χ4v) is 3.09. The van der Waals surface area contributed by atoms with Gasteiger partial charge < -0.3 is 14.9 Å². The molecule has 134 valence electrons. The van der Waals surface area contributed by atoms with Gasteiger partial charge in [-0.2, -0.15) is 11.8 Å². The first-order valence-corrected chi connectivity index (χ1v) is 9.47. The number of amides is 1. The van der Waals surface area contributed by atoms with Crippen LogP contribution >= 0.6 is 11.8 Å². The standard InChI is InChI=1S/C19H18N2O4S/c1-26-10-9-16(19(23)24)20-18(22)13-7-8-15-14(11-13)17(25-21-15)12-5-3-2-4-6-12/h2-8,11,16H,9-10H2,1H3,(H,20,22)(H,23,24). The Morgan fingerprint density at radius 3 is 2.69 bits per heavy atom. The van der Waals surface area contributed by atoms with E-state index in [2.05, 4.69) is 10.5 Å². The molecule has 2 N–H and O–H groups in total. The number of nitrogens with zero attached hydrogens (tertiary/aromatic N) is 1. The van der Waals surface area contributed by atoms with Crippen LogP contribution in [0.4, 0.5) is 0 Å². The Hall–Kier alpha value is -2.80. The summed E-state index contributed by atoms with van der Waals surface area (Å²) >= 11 is 1.54. The zero-order valence-electron chi connectivity index (χ0n) is 14.1. The molecule has 1 atom stereocenters. The summed E-state index contributed by atoms with van der Waals surface area (Å²) in [6.45, 7) is 0. The van der Waals surface area contributed by atoms with E-state index in [9.17, 15) is 14.7 Å². The second-order valence-electron chi connectivity index (χ2n) is 5.76. The molecule has 0 spiro atoms. The van der Waals surface area contributed by atoms with E-state index in [-0.39, 0.29) is 0 Å². The topological polar surface area (TPSA) is 92.4 Å². The van der Waals surface area contributed by atoms with Gasteiger partial charge in [0.1, 0.15) is 11.6 Å². The first kappa shape index (κ1) is 18.0. The number of aromatic nitrogens is 1. The van der Waals surface area contributed by atoms with Crippen LogP contribution < -0.4 is 5.32 Å². The van der Waals surface area contributed by atoms with E-state index in [0.717, 1.165) is 5.56 Å². The highest BCUT2D eigenvalue weighted by atomic mass is 32.2. The number of carbonyl (C=O) groups excluding carboxylic acids is 1. The van der Waals surface area contributed by atoms with Gasteiger partial charge in [-0.1, -0.05) is 35.5 Å². The van der Waals surface area contributed by atoms with Gasteiger partial charge >= 0.3 is 5.97 Å². The van der Waals surface area contributed by atoms with Gasteiger partial charge in [-0.15, -0.1) is 0 Å². The Morgan fingerprint density at radius 1 is 1.23 bits per heavy atom. The molecular formula is C19H18N2O4S. The lowest BCUT2D eigenvalue weighted by atomic mass is 10.1. The van der Waals surface area contributed by atoms with Crippen molar-refractivity contribution < 1.29 is 19.2 Å². The molecule has 0 saturated carbocycles. The molecule has 1 aromatic heterocycles. The highest BCUT2D eigenvalue weighted by Gasteiger charge is 2.21. The van der Waals surface area contributed by atoms with Crippen LogP contribution in [0.2, 0.25) is 0 Å². The molecule has 0 radical (unpaired) electrons. The lowest BCUT2D eigenvalue weighted by Crippen LogP contribution is -2.41. The molecule has 2 aromatic carbocycles. The summed E-state index contributed by atoms with van der Waals surface area (Å²) in [5, 5.41) is 16.6. The molecule has 0 saturated heterocycles. The van der Waals surface area contributed by atoms with Crippen molar-refractivity contribution in [1.82, 2.24) is 10.5 Å². The minimum Gasteiger partial charge on any atom is -0.480 e. The van der Waals surface area contributed by atoms with E-state index in [1.165, 1.54) is 11.8 Å². The van der Waals surface area contributed by atoms with E-state index in [0.29, 0.717) is 34.4 Å². The Bertz CT molecular complexity index is 924. The zero-order valence-corrected chi connectivity index (χ0v) is 15.0. The minimum atomic E-state index is -1.04. The highest BCUT2D eigenvalue weighted by molar-refractivity contribution is 7.98. The smallest absolute Gasteiger partial charge is 0.326 e. The third-order valence-electron chi connectivity index (χ3n) is 3.99. The van der Waals surface area contributed by atoms with Crippen molar-refractivity contribution in [3.8, 4) is 11.3 Å². The van der Waals surface area contributed by atoms with Crippen LogP contribution in [0, 0.1) is 0 Å². The summed E-state index contributed by atoms with van der Waals surface area (Å²) in [4.78, 5) is 23.8. The van der Waals surface area contributed by atoms with Gasteiger partial charge in [-0.25, -0.2) is 4.79 Å². The summed E-state index contributed by atoms with van der Waals surface area (Å²) in [7, 11) is 0. The van der Waals surface area contributed by atoms with Crippen molar-refractivity contribution in [3.05, 3.63) is 54.1 Å². The zero-order chi connectivity index (χ0) is 18.5. The first-order valence-electron chi connectivity index (χ1n) is 8.07. The monoisotopic (exact) mass is 370 g/mol. The first-order chi connectivity index (χ1) is 12.6. The van der Waals surface area contributed by atoms with Crippen molar-refractivity contribution >= 4 is 34.5 Å². The number of carbonyl (C=O) groups is 2. The number of thioether (sulfide) groups is 1. The molecule has 0 aliphatic carbocycles. The second-order valence-corrected chi connectivity index (χ2v) is 6.74. The van der Waals surface area contributed by atoms with Crippen LogP contribution in [-0.2, 0) is 4.79 Å². The Kier molecular flexibility index (Phi) is 5.58. The molecule has 1 heterocycles. The predicted octanol–water partition coefficient (Wildman–Crippen LogP) is 3.43. The maximum Gasteiger partial charge on any atom is 0.326 e. The molecule has 3 rings (SSSR count). The van der Waals surface area contributed by atoms with Crippen molar-refractivity contribution in [1.29, 1.82) is 0 Å². The highest BCUT2D eigenvalue weighted by Crippen LogP contribution is 2.29. The van der Waals surface area contributed by atoms with Crippen molar-refractivity contribution in [2.45, 2.75) is 12.5 Å². The fourth-order valence-electron chi connectivity index (χ4n) is 2.62. The molecule has 1 amide bonds. The second kappa shape index (κ2) is 8.05. The van der Waals surface area contributed by atoms with Gasteiger partial charge in [0.25, 0.3) is 5.91 Å². The number of nitrogens with one attached hydrogen (secondary N) is 1. The molecule has 6 nitrogen and oxygen atoms in total. The quantitative estimate of drug-likeness (QED) is 0.662. The molecule has 3 aromatic rings. The van der Waals surface area contributed by atoms with Gasteiger partial charge in [-0.3, -0.25) is 4.79 Å². The molecule has 0 aliphatic rings. The fraction of sp³-hybridized carbons (Fsp3) is 0.211. The molecule has 26 heavy (non-hydrogen) atoms. The summed E-state index contributed by atoms with van der Waals surface area (Å²) in [6.07, 6.45) is 2.26. The summed E-state index contributed by atoms with van der Waals surface area (Å²) in [5.41, 5.74) is 1.86. The van der Waals surface area contributed by atoms with Crippen LogP contribution in [0.25, 0.3) is 22.2 Å². The SMILES string of the molecule is CSCCC(NC(=O)c1ccc2noc(-c3ccccc3)c2c1)C(=O)O. The lowest BCUT2D eigenvalue weighted by molar-refractivity contribution is -0.139. The Balaban J connectivity index is 1.88. The summed E-state index contributed by atoms with van der Waals surface area (Å²) < 4.78 is 5.43. The molecule has 0 aliphatic heterocycles. The molecular weight excluding hydrogens is 352 g/mol. The number of hydrogen-bond acceptors (Lipinski definition) is 5. The third kappa shape index (κ3) is 3.88. The number of fused-ring (bicyclic) bond motifs is 1. The summed E-state index contributed by atoms with van der Waals surface area (Å²) in [5.74, 6) is -0.239. The largest absolute Gasteiger partial charge is 0.480 e. The Labute approximate surface area is 154 Å². The lowest BCUT2D eigenvalue weighted by Gasteiger charge is -2.14. The van der Waals surface area contributed by atoms with E-state index in [4.69, 9.17) is 4.52 Å². The van der Waals surface area contributed by atoms with E-state index in [1.807, 2.05) is 36.6 Å². The number of aliphatic carboxylic acids is 1. The van der Waals surface area contributed by atoms with E-state index < -0.39 is 17.9 Å². The van der Waals surface area contributed by atoms with Crippen molar-refractivity contribution in [2.75, 3.05) is 12.0 Å². The average molecular weight is 370 g/mol. The third-order valence-corrected chi connectivity index (χ3v) is 4.63. The van der Waals surface area contributed by atoms with Gasteiger partial charge in [0.2, 0.25) is 0 Å². The number of carboxylic acid groups (broad SMARTS) is 1. The molecule has 7 heteroatoms. The minimum absolute atomic E-state index is 0.368. The van der Waals surface area contributed by atoms with Crippen molar-refractivity contribution in [3.63, 3.8) is 0 Å². The Morgan fingerprint density at radius 2 is 2.00 bits per heavy atom. The molecule has 0 bridgehead atoms. The normalized spacial score (nSPS) is 12.0. The van der Waals surface area contributed by atoms with Crippen LogP contribution in [-0.4, -0.2) is 40.2 Å². The molecule has 0 fully saturated rings. The average Bonchev–Trinajstić information content (AvgIpc) is 3.08. The van der Waals surface area contributed by atoms with Crippen molar-refractivity contribution in [2.24, 2.45) is 0 Å². The van der Waals surface area contributed by atoms with Gasteiger partial charge in [-0.05, 0) is 36.6 Å². The van der Waals surface area contributed by atoms with Gasteiger partial charge in [0.15, 0.2) is 5.76 Å². The number of benzene rings is 2. The molecule has 1 unspecified atom stereocenters. The number of carboxylic acids is 1. The summed E-state index contributed by atoms with van der Waals surface area (Å²) in [6, 6.07) is 13.6. The van der Waals surface area contributed by atoms with E-state index in [1.54, 1.807) is 18.2 Å². The van der Waals surface area contributed by atoms with Gasteiger partial charge in [0, 0.05) is 11.1 Å². The predicted molar refractivity (Wildman–Crippen MR) is 101 cm³/mol. The van der Waals surface area contributed by atoms with Crippen LogP contribution in [0.5, 0.6) is 0 Å². The van der Waals surface area contributed by atoms with Gasteiger partial charge in [0.05, 0.1) is 5.39 Å². The van der Waals surface area contributed by atoms with Crippen LogP contribution in [0.1, 0.15) is 16.8 Å².